The van der Waals surface area contributed by atoms with Crippen molar-refractivity contribution in [3.63, 3.8) is 0 Å². The number of amidine groups is 1. The summed E-state index contributed by atoms with van der Waals surface area (Å²) in [6, 6.07) is 2.65. The number of hydrogen-bond acceptors (Lipinski definition) is 3. The molecule has 1 aliphatic heterocycles. The summed E-state index contributed by atoms with van der Waals surface area (Å²) in [6.45, 7) is 5.85. The average Bonchev–Trinajstić information content (AvgIpc) is 2.72. The lowest BCUT2D eigenvalue weighted by atomic mass is 10.1. The fourth-order valence-electron chi connectivity index (χ4n) is 2.01. The molecule has 5 heteroatoms. The summed E-state index contributed by atoms with van der Waals surface area (Å²) in [7, 11) is 0. The fourth-order valence-corrected chi connectivity index (χ4v) is 2.97. The van der Waals surface area contributed by atoms with E-state index in [0.717, 1.165) is 12.2 Å². The van der Waals surface area contributed by atoms with Gasteiger partial charge in [-0.1, -0.05) is 25.6 Å². The van der Waals surface area contributed by atoms with Crippen molar-refractivity contribution in [3.8, 4) is 0 Å². The number of rotatable bonds is 3. The lowest BCUT2D eigenvalue weighted by Gasteiger charge is -2.08. The van der Waals surface area contributed by atoms with Crippen molar-refractivity contribution in [2.45, 2.75) is 33.2 Å². The molecule has 2 rings (SSSR count). The van der Waals surface area contributed by atoms with E-state index in [0.29, 0.717) is 16.6 Å². The molecule has 0 amide bonds. The first-order valence-electron chi connectivity index (χ1n) is 6.39. The Morgan fingerprint density at radius 3 is 2.79 bits per heavy atom. The minimum absolute atomic E-state index is 0.152. The molecule has 104 valence electrons. The van der Waals surface area contributed by atoms with Crippen LogP contribution in [0.2, 0.25) is 0 Å². The Morgan fingerprint density at radius 2 is 2.11 bits per heavy atom. The maximum absolute atomic E-state index is 13.7. The zero-order valence-corrected chi connectivity index (χ0v) is 12.2. The van der Waals surface area contributed by atoms with Gasteiger partial charge in [0.15, 0.2) is 5.17 Å². The summed E-state index contributed by atoms with van der Waals surface area (Å²) >= 11 is 1.56. The number of benzene rings is 1. The van der Waals surface area contributed by atoms with Crippen LogP contribution in [0.5, 0.6) is 0 Å². The van der Waals surface area contributed by atoms with Gasteiger partial charge in [0.2, 0.25) is 0 Å². The first kappa shape index (κ1) is 14.3. The van der Waals surface area contributed by atoms with Crippen LogP contribution in [0.1, 0.15) is 25.8 Å². The minimum Gasteiger partial charge on any atom is -0.332 e. The molecule has 0 saturated heterocycles. The molecule has 2 nitrogen and oxygen atoms in total. The van der Waals surface area contributed by atoms with Crippen molar-refractivity contribution in [1.82, 2.24) is 0 Å². The second-order valence-corrected chi connectivity index (χ2v) is 6.24. The molecule has 1 unspecified atom stereocenters. The van der Waals surface area contributed by atoms with Crippen LogP contribution < -0.4 is 5.32 Å². The van der Waals surface area contributed by atoms with Crippen molar-refractivity contribution < 1.29 is 8.78 Å². The van der Waals surface area contributed by atoms with Gasteiger partial charge in [0.05, 0.1) is 11.7 Å². The van der Waals surface area contributed by atoms with E-state index in [1.165, 1.54) is 12.1 Å². The van der Waals surface area contributed by atoms with E-state index in [1.807, 2.05) is 0 Å². The fraction of sp³-hybridized carbons (Fsp3) is 0.500. The largest absolute Gasteiger partial charge is 0.332 e. The Labute approximate surface area is 116 Å². The molecular formula is C14H18F2N2S. The number of nitrogens with one attached hydrogen (secondary N) is 1. The van der Waals surface area contributed by atoms with Crippen molar-refractivity contribution in [3.05, 3.63) is 29.3 Å². The Balaban J connectivity index is 2.08. The first-order chi connectivity index (χ1) is 8.95. The Kier molecular flexibility index (Phi) is 4.45. The highest BCUT2D eigenvalue weighted by Gasteiger charge is 2.20. The summed E-state index contributed by atoms with van der Waals surface area (Å²) in [4.78, 5) is 4.50. The molecule has 0 spiro atoms. The topological polar surface area (TPSA) is 24.4 Å². The van der Waals surface area contributed by atoms with Crippen LogP contribution in [0, 0.1) is 24.5 Å². The molecule has 1 atom stereocenters. The predicted octanol–water partition coefficient (Wildman–Crippen LogP) is 4.20. The zero-order chi connectivity index (χ0) is 14.0. The maximum atomic E-state index is 13.7. The number of aryl methyl sites for hydroxylation is 1. The highest BCUT2D eigenvalue weighted by atomic mass is 32.2. The van der Waals surface area contributed by atoms with Crippen LogP contribution in [0.25, 0.3) is 0 Å². The van der Waals surface area contributed by atoms with Crippen LogP contribution in [-0.4, -0.2) is 17.0 Å². The molecule has 0 fully saturated rings. The van der Waals surface area contributed by atoms with E-state index in [9.17, 15) is 8.78 Å². The van der Waals surface area contributed by atoms with E-state index < -0.39 is 11.6 Å². The van der Waals surface area contributed by atoms with E-state index >= 15 is 0 Å². The molecular weight excluding hydrogens is 266 g/mol. The minimum atomic E-state index is -0.450. The number of aliphatic imine (C=N–C) groups is 1. The Hall–Kier alpha value is -1.10. The van der Waals surface area contributed by atoms with Crippen LogP contribution in [0.4, 0.5) is 14.5 Å². The molecule has 1 heterocycles. The molecule has 1 aliphatic rings. The summed E-state index contributed by atoms with van der Waals surface area (Å²) in [5, 5.41) is 3.55. The van der Waals surface area contributed by atoms with Gasteiger partial charge in [-0.15, -0.1) is 0 Å². The van der Waals surface area contributed by atoms with E-state index in [2.05, 4.69) is 24.2 Å². The van der Waals surface area contributed by atoms with Crippen LogP contribution in [-0.2, 0) is 0 Å². The number of thioether (sulfide) groups is 1. The highest BCUT2D eigenvalue weighted by molar-refractivity contribution is 8.14. The summed E-state index contributed by atoms with van der Waals surface area (Å²) in [5.41, 5.74) is 0.460. The van der Waals surface area contributed by atoms with Crippen molar-refractivity contribution in [1.29, 1.82) is 0 Å². The van der Waals surface area contributed by atoms with Gasteiger partial charge in [-0.3, -0.25) is 4.99 Å². The monoisotopic (exact) mass is 284 g/mol. The molecule has 1 N–H and O–H groups in total. The quantitative estimate of drug-likeness (QED) is 0.899. The van der Waals surface area contributed by atoms with Gasteiger partial charge < -0.3 is 5.32 Å². The van der Waals surface area contributed by atoms with Gasteiger partial charge in [-0.25, -0.2) is 8.78 Å². The van der Waals surface area contributed by atoms with Crippen LogP contribution in [0.15, 0.2) is 17.1 Å². The Morgan fingerprint density at radius 1 is 1.37 bits per heavy atom. The summed E-state index contributed by atoms with van der Waals surface area (Å²) in [5.74, 6) is 0.624. The molecule has 1 aromatic carbocycles. The molecule has 0 aromatic heterocycles. The van der Waals surface area contributed by atoms with Gasteiger partial charge in [-0.2, -0.15) is 0 Å². The second-order valence-electron chi connectivity index (χ2n) is 5.23. The van der Waals surface area contributed by atoms with E-state index in [-0.39, 0.29) is 11.7 Å². The Bertz CT molecular complexity index is 500. The predicted molar refractivity (Wildman–Crippen MR) is 77.9 cm³/mol. The van der Waals surface area contributed by atoms with Crippen LogP contribution in [0.3, 0.4) is 0 Å². The SMILES string of the molecule is Cc1cc(F)c(NC2=NC(CC(C)C)CS2)cc1F. The average molecular weight is 284 g/mol. The summed E-state index contributed by atoms with van der Waals surface area (Å²) < 4.78 is 27.1. The third-order valence-electron chi connectivity index (χ3n) is 2.95. The molecule has 0 aliphatic carbocycles. The van der Waals surface area contributed by atoms with E-state index in [1.54, 1.807) is 18.7 Å². The van der Waals surface area contributed by atoms with E-state index in [4.69, 9.17) is 0 Å². The second kappa shape index (κ2) is 5.90. The lowest BCUT2D eigenvalue weighted by Crippen LogP contribution is -2.09. The van der Waals surface area contributed by atoms with Crippen molar-refractivity contribution >= 4 is 22.6 Å². The van der Waals surface area contributed by atoms with Crippen molar-refractivity contribution in [2.75, 3.05) is 11.1 Å². The zero-order valence-electron chi connectivity index (χ0n) is 11.3. The molecule has 19 heavy (non-hydrogen) atoms. The van der Waals surface area contributed by atoms with Crippen LogP contribution >= 0.6 is 11.8 Å². The third kappa shape index (κ3) is 3.69. The lowest BCUT2D eigenvalue weighted by molar-refractivity contribution is 0.529. The molecule has 0 saturated carbocycles. The highest BCUT2D eigenvalue weighted by Crippen LogP contribution is 2.26. The number of halogens is 2. The number of nitrogens with zero attached hydrogens (tertiary/aromatic N) is 1. The van der Waals surface area contributed by atoms with Gasteiger partial charge in [0.25, 0.3) is 0 Å². The molecule has 0 radical (unpaired) electrons. The molecule has 1 aromatic rings. The third-order valence-corrected chi connectivity index (χ3v) is 3.98. The van der Waals surface area contributed by atoms with Gasteiger partial charge in [0, 0.05) is 11.8 Å². The normalized spacial score (nSPS) is 18.8. The number of hydrogen-bond donors (Lipinski definition) is 1. The number of anilines is 1. The van der Waals surface area contributed by atoms with Gasteiger partial charge in [-0.05, 0) is 30.9 Å². The summed E-state index contributed by atoms with van der Waals surface area (Å²) in [6.07, 6.45) is 1.02. The first-order valence-corrected chi connectivity index (χ1v) is 7.37. The van der Waals surface area contributed by atoms with Gasteiger partial charge in [0.1, 0.15) is 11.6 Å². The molecule has 0 bridgehead atoms. The van der Waals surface area contributed by atoms with Crippen molar-refractivity contribution in [2.24, 2.45) is 10.9 Å². The smallest absolute Gasteiger partial charge is 0.161 e. The van der Waals surface area contributed by atoms with Gasteiger partial charge >= 0.3 is 0 Å². The standard InChI is InChI=1S/C14H18F2N2S/c1-8(2)4-10-7-19-14(17-10)18-13-6-11(15)9(3)5-12(13)16/h5-6,8,10H,4,7H2,1-3H3,(H,17,18). The maximum Gasteiger partial charge on any atom is 0.161 e.